The molecule has 0 spiro atoms. The largest absolute Gasteiger partial charge is 0.494 e. The lowest BCUT2D eigenvalue weighted by molar-refractivity contribution is 0.164. The molecule has 0 bridgehead atoms. The minimum atomic E-state index is -0.324. The summed E-state index contributed by atoms with van der Waals surface area (Å²) in [5, 5.41) is 3.23. The molecule has 1 N–H and O–H groups in total. The van der Waals surface area contributed by atoms with Crippen LogP contribution in [0.3, 0.4) is 0 Å². The van der Waals surface area contributed by atoms with Gasteiger partial charge in [-0.3, -0.25) is 0 Å². The van der Waals surface area contributed by atoms with Gasteiger partial charge in [0.25, 0.3) is 0 Å². The molecule has 5 heteroatoms. The van der Waals surface area contributed by atoms with Crippen LogP contribution in [0.15, 0.2) is 18.2 Å². The molecule has 102 valence electrons. The van der Waals surface area contributed by atoms with Gasteiger partial charge in [0, 0.05) is 31.1 Å². The van der Waals surface area contributed by atoms with Crippen LogP contribution in [0.1, 0.15) is 12.0 Å². The van der Waals surface area contributed by atoms with Gasteiger partial charge in [0.1, 0.15) is 0 Å². The fourth-order valence-electron chi connectivity index (χ4n) is 1.68. The maximum absolute atomic E-state index is 13.9. The normalized spacial score (nSPS) is 12.4. The summed E-state index contributed by atoms with van der Waals surface area (Å²) < 4.78 is 23.9. The zero-order chi connectivity index (χ0) is 13.4. The van der Waals surface area contributed by atoms with Gasteiger partial charge in [-0.1, -0.05) is 12.1 Å². The molecular formula is C13H19ClFNO2. The van der Waals surface area contributed by atoms with Crippen molar-refractivity contribution in [2.45, 2.75) is 19.0 Å². The smallest absolute Gasteiger partial charge is 0.169 e. The molecule has 1 rings (SSSR count). The summed E-state index contributed by atoms with van der Waals surface area (Å²) >= 11 is 5.70. The van der Waals surface area contributed by atoms with Crippen molar-refractivity contribution in [2.75, 3.05) is 26.7 Å². The van der Waals surface area contributed by atoms with E-state index in [-0.39, 0.29) is 17.6 Å². The van der Waals surface area contributed by atoms with E-state index in [0.717, 1.165) is 6.42 Å². The van der Waals surface area contributed by atoms with Gasteiger partial charge in [-0.2, -0.15) is 0 Å². The van der Waals surface area contributed by atoms with E-state index >= 15 is 0 Å². The maximum Gasteiger partial charge on any atom is 0.169 e. The molecule has 0 aliphatic heterocycles. The summed E-state index contributed by atoms with van der Waals surface area (Å²) in [6.45, 7) is 0.978. The highest BCUT2D eigenvalue weighted by Crippen LogP contribution is 2.19. The van der Waals surface area contributed by atoms with Gasteiger partial charge in [-0.05, 0) is 12.5 Å². The van der Waals surface area contributed by atoms with Crippen LogP contribution in [0.5, 0.6) is 5.75 Å². The fraction of sp³-hybridized carbons (Fsp3) is 0.538. The Morgan fingerprint density at radius 3 is 2.78 bits per heavy atom. The van der Waals surface area contributed by atoms with Crippen LogP contribution in [0, 0.1) is 5.82 Å². The maximum atomic E-state index is 13.9. The van der Waals surface area contributed by atoms with E-state index in [1.54, 1.807) is 25.3 Å². The predicted octanol–water partition coefficient (Wildman–Crippen LogP) is 2.57. The van der Waals surface area contributed by atoms with Crippen LogP contribution in [-0.2, 0) is 11.3 Å². The van der Waals surface area contributed by atoms with E-state index in [2.05, 4.69) is 5.32 Å². The summed E-state index contributed by atoms with van der Waals surface area (Å²) in [6, 6.07) is 5.23. The van der Waals surface area contributed by atoms with Crippen LogP contribution in [-0.4, -0.2) is 32.7 Å². The van der Waals surface area contributed by atoms with Gasteiger partial charge in [-0.15, -0.1) is 11.6 Å². The Morgan fingerprint density at radius 1 is 1.39 bits per heavy atom. The second kappa shape index (κ2) is 8.29. The van der Waals surface area contributed by atoms with Gasteiger partial charge in [0.2, 0.25) is 0 Å². The highest BCUT2D eigenvalue weighted by atomic mass is 35.5. The lowest BCUT2D eigenvalue weighted by atomic mass is 10.1. The second-order valence-corrected chi connectivity index (χ2v) is 4.32. The summed E-state index contributed by atoms with van der Waals surface area (Å²) in [5.74, 6) is 0.478. The number of hydrogen-bond acceptors (Lipinski definition) is 3. The number of rotatable bonds is 8. The standard InChI is InChI=1S/C13H19ClFNO2/c1-17-9-11(6-7-14)16-8-10-4-3-5-12(18-2)13(10)15/h3-5,11,16H,6-9H2,1-2H3. The molecule has 0 aromatic heterocycles. The third-order valence-electron chi connectivity index (χ3n) is 2.67. The molecule has 1 unspecified atom stereocenters. The molecule has 1 aromatic carbocycles. The molecule has 0 heterocycles. The van der Waals surface area contributed by atoms with Crippen molar-refractivity contribution in [1.29, 1.82) is 0 Å². The zero-order valence-corrected chi connectivity index (χ0v) is 11.5. The molecule has 0 saturated heterocycles. The molecule has 0 radical (unpaired) electrons. The van der Waals surface area contributed by atoms with Gasteiger partial charge in [0.05, 0.1) is 13.7 Å². The lowest BCUT2D eigenvalue weighted by Crippen LogP contribution is -2.33. The fourth-order valence-corrected chi connectivity index (χ4v) is 1.95. The minimum Gasteiger partial charge on any atom is -0.494 e. The highest BCUT2D eigenvalue weighted by molar-refractivity contribution is 6.17. The van der Waals surface area contributed by atoms with Crippen molar-refractivity contribution < 1.29 is 13.9 Å². The molecule has 0 amide bonds. The third-order valence-corrected chi connectivity index (χ3v) is 2.89. The van der Waals surface area contributed by atoms with Crippen molar-refractivity contribution in [2.24, 2.45) is 0 Å². The molecule has 1 aromatic rings. The van der Waals surface area contributed by atoms with Crippen molar-refractivity contribution in [3.8, 4) is 5.75 Å². The first-order chi connectivity index (χ1) is 8.72. The van der Waals surface area contributed by atoms with Gasteiger partial charge >= 0.3 is 0 Å². The first-order valence-electron chi connectivity index (χ1n) is 5.82. The summed E-state index contributed by atoms with van der Waals surface area (Å²) in [4.78, 5) is 0. The first kappa shape index (κ1) is 15.2. The predicted molar refractivity (Wildman–Crippen MR) is 70.8 cm³/mol. The Kier molecular flexibility index (Phi) is 7.01. The molecule has 0 aliphatic rings. The van der Waals surface area contributed by atoms with Crippen LogP contribution >= 0.6 is 11.6 Å². The van der Waals surface area contributed by atoms with Crippen molar-refractivity contribution in [1.82, 2.24) is 5.32 Å². The Labute approximate surface area is 112 Å². The third kappa shape index (κ3) is 4.44. The number of methoxy groups -OCH3 is 2. The van der Waals surface area contributed by atoms with E-state index in [4.69, 9.17) is 21.1 Å². The SMILES string of the molecule is COCC(CCCl)NCc1cccc(OC)c1F. The Hall–Kier alpha value is -0.840. The van der Waals surface area contributed by atoms with E-state index in [1.807, 2.05) is 0 Å². The van der Waals surface area contributed by atoms with Gasteiger partial charge in [-0.25, -0.2) is 4.39 Å². The molecule has 0 aliphatic carbocycles. The number of hydrogen-bond donors (Lipinski definition) is 1. The average Bonchev–Trinajstić information content (AvgIpc) is 2.38. The van der Waals surface area contributed by atoms with Crippen LogP contribution in [0.25, 0.3) is 0 Å². The summed E-state index contributed by atoms with van der Waals surface area (Å²) in [7, 11) is 3.09. The molecule has 0 fully saturated rings. The van der Waals surface area contributed by atoms with E-state index in [9.17, 15) is 4.39 Å². The lowest BCUT2D eigenvalue weighted by Gasteiger charge is -2.17. The van der Waals surface area contributed by atoms with Crippen molar-refractivity contribution >= 4 is 11.6 Å². The van der Waals surface area contributed by atoms with Crippen molar-refractivity contribution in [3.63, 3.8) is 0 Å². The first-order valence-corrected chi connectivity index (χ1v) is 6.36. The average molecular weight is 276 g/mol. The number of nitrogens with one attached hydrogen (secondary N) is 1. The summed E-state index contributed by atoms with van der Waals surface area (Å²) in [6.07, 6.45) is 0.779. The Morgan fingerprint density at radius 2 is 2.17 bits per heavy atom. The van der Waals surface area contributed by atoms with E-state index < -0.39 is 0 Å². The summed E-state index contributed by atoms with van der Waals surface area (Å²) in [5.41, 5.74) is 0.574. The quantitative estimate of drug-likeness (QED) is 0.740. The van der Waals surface area contributed by atoms with E-state index in [0.29, 0.717) is 24.6 Å². The number of ether oxygens (including phenoxy) is 2. The number of halogens is 2. The molecule has 18 heavy (non-hydrogen) atoms. The molecule has 3 nitrogen and oxygen atoms in total. The Balaban J connectivity index is 2.61. The number of benzene rings is 1. The zero-order valence-electron chi connectivity index (χ0n) is 10.7. The molecule has 1 atom stereocenters. The van der Waals surface area contributed by atoms with Crippen LogP contribution in [0.4, 0.5) is 4.39 Å². The minimum absolute atomic E-state index is 0.123. The number of alkyl halides is 1. The van der Waals surface area contributed by atoms with E-state index in [1.165, 1.54) is 7.11 Å². The highest BCUT2D eigenvalue weighted by Gasteiger charge is 2.11. The monoisotopic (exact) mass is 275 g/mol. The Bertz CT molecular complexity index is 357. The topological polar surface area (TPSA) is 30.5 Å². The molecule has 0 saturated carbocycles. The van der Waals surface area contributed by atoms with Crippen molar-refractivity contribution in [3.05, 3.63) is 29.6 Å². The molecular weight excluding hydrogens is 257 g/mol. The van der Waals surface area contributed by atoms with Crippen LogP contribution < -0.4 is 10.1 Å². The van der Waals surface area contributed by atoms with Gasteiger partial charge < -0.3 is 14.8 Å². The van der Waals surface area contributed by atoms with Gasteiger partial charge in [0.15, 0.2) is 11.6 Å². The van der Waals surface area contributed by atoms with Crippen LogP contribution in [0.2, 0.25) is 0 Å². The second-order valence-electron chi connectivity index (χ2n) is 3.94.